The van der Waals surface area contributed by atoms with Gasteiger partial charge in [0, 0.05) is 18.2 Å². The van der Waals surface area contributed by atoms with Gasteiger partial charge in [-0.05, 0) is 49.3 Å². The summed E-state index contributed by atoms with van der Waals surface area (Å²) in [4.78, 5) is 0. The zero-order chi connectivity index (χ0) is 14.7. The number of hydrogen-bond acceptors (Lipinski definition) is 1. The van der Waals surface area contributed by atoms with Crippen molar-refractivity contribution in [3.8, 4) is 0 Å². The summed E-state index contributed by atoms with van der Waals surface area (Å²) in [6, 6.07) is 15.8. The van der Waals surface area contributed by atoms with Crippen LogP contribution in [0.2, 0.25) is 0 Å². The predicted molar refractivity (Wildman–Crippen MR) is 84.9 cm³/mol. The molecule has 0 radical (unpaired) electrons. The van der Waals surface area contributed by atoms with Crippen LogP contribution in [0.3, 0.4) is 0 Å². The van der Waals surface area contributed by atoms with Gasteiger partial charge in [-0.1, -0.05) is 42.5 Å². The van der Waals surface area contributed by atoms with Crippen molar-refractivity contribution < 1.29 is 4.39 Å². The van der Waals surface area contributed by atoms with Crippen molar-refractivity contribution in [1.82, 2.24) is 5.32 Å². The standard InChI is InChI=1S/C19H22FN/c1-14(17-10-4-5-12-19(17)20)21-13-16-9-6-8-15-7-2-3-11-18(15)16/h2-5,7,10-12,14,16,21H,6,8-9,13H2,1H3/t14-,16?/m1/s1. The molecule has 0 amide bonds. The van der Waals surface area contributed by atoms with Gasteiger partial charge in [0.05, 0.1) is 0 Å². The Bertz CT molecular complexity index is 608. The van der Waals surface area contributed by atoms with E-state index in [1.54, 1.807) is 6.07 Å². The summed E-state index contributed by atoms with van der Waals surface area (Å²) < 4.78 is 13.8. The lowest BCUT2D eigenvalue weighted by atomic mass is 9.82. The molecule has 0 fully saturated rings. The molecule has 1 unspecified atom stereocenters. The SMILES string of the molecule is C[C@@H](NCC1CCCc2ccccc21)c1ccccc1F. The fraction of sp³-hybridized carbons (Fsp3) is 0.368. The third-order valence-electron chi connectivity index (χ3n) is 4.54. The minimum absolute atomic E-state index is 0.0419. The molecule has 2 atom stereocenters. The Morgan fingerprint density at radius 3 is 2.76 bits per heavy atom. The van der Waals surface area contributed by atoms with E-state index in [1.165, 1.54) is 36.5 Å². The molecule has 1 N–H and O–H groups in total. The van der Waals surface area contributed by atoms with Crippen LogP contribution in [0.25, 0.3) is 0 Å². The number of rotatable bonds is 4. The fourth-order valence-corrected chi connectivity index (χ4v) is 3.32. The van der Waals surface area contributed by atoms with Gasteiger partial charge < -0.3 is 5.32 Å². The Morgan fingerprint density at radius 2 is 1.90 bits per heavy atom. The number of aryl methyl sites for hydroxylation is 1. The van der Waals surface area contributed by atoms with E-state index in [0.29, 0.717) is 5.92 Å². The highest BCUT2D eigenvalue weighted by Gasteiger charge is 2.20. The van der Waals surface area contributed by atoms with Crippen LogP contribution in [0, 0.1) is 5.82 Å². The average Bonchev–Trinajstić information content (AvgIpc) is 2.53. The van der Waals surface area contributed by atoms with Gasteiger partial charge in [0.25, 0.3) is 0 Å². The third kappa shape index (κ3) is 3.16. The molecule has 0 saturated carbocycles. The van der Waals surface area contributed by atoms with Crippen molar-refractivity contribution in [2.24, 2.45) is 0 Å². The van der Waals surface area contributed by atoms with Crippen molar-refractivity contribution in [2.75, 3.05) is 6.54 Å². The Hall–Kier alpha value is -1.67. The number of halogens is 1. The molecule has 0 aromatic heterocycles. The Kier molecular flexibility index (Phi) is 4.35. The van der Waals surface area contributed by atoms with Gasteiger partial charge in [-0.25, -0.2) is 4.39 Å². The first-order valence-corrected chi connectivity index (χ1v) is 7.81. The molecule has 2 heteroatoms. The Balaban J connectivity index is 1.67. The quantitative estimate of drug-likeness (QED) is 0.865. The largest absolute Gasteiger partial charge is 0.309 e. The molecule has 0 bridgehead atoms. The molecule has 1 aliphatic rings. The highest BCUT2D eigenvalue weighted by molar-refractivity contribution is 5.33. The van der Waals surface area contributed by atoms with Gasteiger partial charge in [-0.3, -0.25) is 0 Å². The molecule has 0 saturated heterocycles. The van der Waals surface area contributed by atoms with E-state index >= 15 is 0 Å². The molecule has 0 aliphatic heterocycles. The van der Waals surface area contributed by atoms with Gasteiger partial charge in [0.15, 0.2) is 0 Å². The summed E-state index contributed by atoms with van der Waals surface area (Å²) >= 11 is 0. The lowest BCUT2D eigenvalue weighted by Crippen LogP contribution is -2.27. The molecule has 2 aromatic carbocycles. The van der Waals surface area contributed by atoms with E-state index in [2.05, 4.69) is 29.6 Å². The maximum atomic E-state index is 13.8. The van der Waals surface area contributed by atoms with Gasteiger partial charge in [-0.15, -0.1) is 0 Å². The highest BCUT2D eigenvalue weighted by Crippen LogP contribution is 2.31. The minimum Gasteiger partial charge on any atom is -0.309 e. The van der Waals surface area contributed by atoms with E-state index < -0.39 is 0 Å². The molecule has 21 heavy (non-hydrogen) atoms. The smallest absolute Gasteiger partial charge is 0.127 e. The van der Waals surface area contributed by atoms with Crippen molar-refractivity contribution in [1.29, 1.82) is 0 Å². The summed E-state index contributed by atoms with van der Waals surface area (Å²) in [5, 5.41) is 3.51. The Labute approximate surface area is 126 Å². The first-order valence-electron chi connectivity index (χ1n) is 7.81. The molecule has 3 rings (SSSR count). The predicted octanol–water partition coefficient (Wildman–Crippen LogP) is 4.60. The summed E-state index contributed by atoms with van der Waals surface area (Å²) in [7, 11) is 0. The maximum absolute atomic E-state index is 13.8. The van der Waals surface area contributed by atoms with Gasteiger partial charge in [-0.2, -0.15) is 0 Å². The zero-order valence-electron chi connectivity index (χ0n) is 12.5. The van der Waals surface area contributed by atoms with Crippen molar-refractivity contribution >= 4 is 0 Å². The number of benzene rings is 2. The van der Waals surface area contributed by atoms with Crippen LogP contribution in [0.1, 0.15) is 48.4 Å². The van der Waals surface area contributed by atoms with E-state index in [1.807, 2.05) is 19.1 Å². The van der Waals surface area contributed by atoms with Crippen LogP contribution in [-0.2, 0) is 6.42 Å². The summed E-state index contributed by atoms with van der Waals surface area (Å²) in [6.07, 6.45) is 3.65. The van der Waals surface area contributed by atoms with Crippen LogP contribution in [0.4, 0.5) is 4.39 Å². The fourth-order valence-electron chi connectivity index (χ4n) is 3.32. The highest BCUT2D eigenvalue weighted by atomic mass is 19.1. The van der Waals surface area contributed by atoms with Crippen molar-refractivity contribution in [3.63, 3.8) is 0 Å². The number of fused-ring (bicyclic) bond motifs is 1. The van der Waals surface area contributed by atoms with Crippen LogP contribution in [0.5, 0.6) is 0 Å². The summed E-state index contributed by atoms with van der Waals surface area (Å²) in [5.74, 6) is 0.422. The molecular formula is C19H22FN. The molecule has 1 nitrogen and oxygen atoms in total. The zero-order valence-corrected chi connectivity index (χ0v) is 12.5. The lowest BCUT2D eigenvalue weighted by Gasteiger charge is -2.27. The van der Waals surface area contributed by atoms with E-state index in [-0.39, 0.29) is 11.9 Å². The molecule has 2 aromatic rings. The van der Waals surface area contributed by atoms with E-state index in [0.717, 1.165) is 12.1 Å². The van der Waals surface area contributed by atoms with Crippen LogP contribution in [-0.4, -0.2) is 6.54 Å². The molecular weight excluding hydrogens is 261 g/mol. The summed E-state index contributed by atoms with van der Waals surface area (Å²) in [6.45, 7) is 2.94. The monoisotopic (exact) mass is 283 g/mol. The second kappa shape index (κ2) is 6.40. The lowest BCUT2D eigenvalue weighted by molar-refractivity contribution is 0.462. The first-order chi connectivity index (χ1) is 10.3. The second-order valence-corrected chi connectivity index (χ2v) is 5.94. The summed E-state index contributed by atoms with van der Waals surface area (Å²) in [5.41, 5.74) is 3.70. The average molecular weight is 283 g/mol. The molecule has 0 spiro atoms. The van der Waals surface area contributed by atoms with Gasteiger partial charge in [0.1, 0.15) is 5.82 Å². The minimum atomic E-state index is -0.124. The van der Waals surface area contributed by atoms with E-state index in [9.17, 15) is 4.39 Å². The maximum Gasteiger partial charge on any atom is 0.127 e. The van der Waals surface area contributed by atoms with Crippen LogP contribution >= 0.6 is 0 Å². The van der Waals surface area contributed by atoms with Gasteiger partial charge >= 0.3 is 0 Å². The third-order valence-corrected chi connectivity index (χ3v) is 4.54. The normalized spacial score (nSPS) is 19.0. The van der Waals surface area contributed by atoms with Crippen LogP contribution < -0.4 is 5.32 Å². The molecule has 110 valence electrons. The van der Waals surface area contributed by atoms with Crippen molar-refractivity contribution in [2.45, 2.75) is 38.1 Å². The topological polar surface area (TPSA) is 12.0 Å². The van der Waals surface area contributed by atoms with E-state index in [4.69, 9.17) is 0 Å². The van der Waals surface area contributed by atoms with Gasteiger partial charge in [0.2, 0.25) is 0 Å². The molecule has 1 aliphatic carbocycles. The molecule has 0 heterocycles. The van der Waals surface area contributed by atoms with Crippen LogP contribution in [0.15, 0.2) is 48.5 Å². The first kappa shape index (κ1) is 14.3. The Morgan fingerprint density at radius 1 is 1.14 bits per heavy atom. The second-order valence-electron chi connectivity index (χ2n) is 5.94. The number of hydrogen-bond donors (Lipinski definition) is 1. The van der Waals surface area contributed by atoms with Crippen molar-refractivity contribution in [3.05, 3.63) is 71.0 Å². The number of nitrogens with one attached hydrogen (secondary N) is 1.